The molecule has 0 bridgehead atoms. The smallest absolute Gasteiger partial charge is 0.124 e. The van der Waals surface area contributed by atoms with E-state index in [-0.39, 0.29) is 6.04 Å². The number of ether oxygens (including phenoxy) is 1. The molecule has 2 atom stereocenters. The van der Waals surface area contributed by atoms with Crippen LogP contribution in [0.4, 0.5) is 0 Å². The minimum absolute atomic E-state index is 0.120. The molecular formula is C16H22N2O2S. The maximum Gasteiger partial charge on any atom is 0.124 e. The van der Waals surface area contributed by atoms with E-state index in [9.17, 15) is 5.11 Å². The molecule has 0 spiro atoms. The molecule has 0 fully saturated rings. The molecule has 1 aromatic heterocycles. The molecule has 2 aromatic rings. The second-order valence-corrected chi connectivity index (χ2v) is 6.11. The van der Waals surface area contributed by atoms with E-state index >= 15 is 0 Å². The monoisotopic (exact) mass is 306 g/mol. The first-order chi connectivity index (χ1) is 10.0. The summed E-state index contributed by atoms with van der Waals surface area (Å²) in [7, 11) is 1.62. The first-order valence-corrected chi connectivity index (χ1v) is 7.87. The van der Waals surface area contributed by atoms with Gasteiger partial charge in [0.1, 0.15) is 10.8 Å². The molecule has 0 saturated heterocycles. The first-order valence-electron chi connectivity index (χ1n) is 6.99. The van der Waals surface area contributed by atoms with Crippen LogP contribution >= 0.6 is 11.3 Å². The predicted octanol–water partition coefficient (Wildman–Crippen LogP) is 3.15. The van der Waals surface area contributed by atoms with Crippen molar-refractivity contribution in [3.8, 4) is 5.75 Å². The van der Waals surface area contributed by atoms with Crippen LogP contribution in [0.1, 0.15) is 40.9 Å². The minimum Gasteiger partial charge on any atom is -0.496 e. The molecule has 0 saturated carbocycles. The normalized spacial score (nSPS) is 14.0. The van der Waals surface area contributed by atoms with Crippen LogP contribution in [0.2, 0.25) is 0 Å². The Morgan fingerprint density at radius 1 is 1.38 bits per heavy atom. The second kappa shape index (κ2) is 7.02. The van der Waals surface area contributed by atoms with E-state index in [0.717, 1.165) is 21.8 Å². The topological polar surface area (TPSA) is 54.4 Å². The van der Waals surface area contributed by atoms with Gasteiger partial charge in [0.2, 0.25) is 0 Å². The number of hydrogen-bond acceptors (Lipinski definition) is 5. The Bertz CT molecular complexity index is 598. The maximum absolute atomic E-state index is 10.4. The summed E-state index contributed by atoms with van der Waals surface area (Å²) in [5, 5.41) is 16.8. The highest BCUT2D eigenvalue weighted by atomic mass is 32.1. The third-order valence-electron chi connectivity index (χ3n) is 3.37. The number of thiazole rings is 1. The molecule has 2 N–H and O–H groups in total. The van der Waals surface area contributed by atoms with Crippen molar-refractivity contribution in [1.82, 2.24) is 10.3 Å². The third kappa shape index (κ3) is 4.03. The summed E-state index contributed by atoms with van der Waals surface area (Å²) in [5.74, 6) is 0.715. The fourth-order valence-corrected chi connectivity index (χ4v) is 3.00. The molecule has 0 aliphatic carbocycles. The molecular weight excluding hydrogens is 284 g/mol. The Morgan fingerprint density at radius 3 is 2.76 bits per heavy atom. The minimum atomic E-state index is -0.608. The van der Waals surface area contributed by atoms with Crippen molar-refractivity contribution >= 4 is 11.3 Å². The van der Waals surface area contributed by atoms with Crippen LogP contribution < -0.4 is 10.1 Å². The summed E-state index contributed by atoms with van der Waals surface area (Å²) in [4.78, 5) is 4.46. The zero-order valence-corrected chi connectivity index (χ0v) is 13.7. The van der Waals surface area contributed by atoms with Gasteiger partial charge in [-0.05, 0) is 32.9 Å². The Morgan fingerprint density at radius 2 is 2.14 bits per heavy atom. The standard InChI is InChI=1S/C16H22N2O2S/c1-10-5-6-15(20-4)13(7-10)14(19)8-17-12(3)16-18-11(2)9-21-16/h5-7,9,12,14,17,19H,8H2,1-4H3. The van der Waals surface area contributed by atoms with E-state index in [4.69, 9.17) is 4.74 Å². The molecule has 0 radical (unpaired) electrons. The number of methoxy groups -OCH3 is 1. The van der Waals surface area contributed by atoms with E-state index in [1.165, 1.54) is 0 Å². The predicted molar refractivity (Wildman–Crippen MR) is 86.0 cm³/mol. The van der Waals surface area contributed by atoms with Crippen molar-refractivity contribution in [2.45, 2.75) is 32.9 Å². The second-order valence-electron chi connectivity index (χ2n) is 5.22. The van der Waals surface area contributed by atoms with E-state index in [2.05, 4.69) is 17.2 Å². The van der Waals surface area contributed by atoms with Crippen molar-refractivity contribution in [2.75, 3.05) is 13.7 Å². The van der Waals surface area contributed by atoms with E-state index in [0.29, 0.717) is 12.3 Å². The van der Waals surface area contributed by atoms with Crippen molar-refractivity contribution in [3.05, 3.63) is 45.4 Å². The number of nitrogens with one attached hydrogen (secondary N) is 1. The molecule has 2 rings (SSSR count). The van der Waals surface area contributed by atoms with Crippen LogP contribution in [0.3, 0.4) is 0 Å². The SMILES string of the molecule is COc1ccc(C)cc1C(O)CNC(C)c1nc(C)cs1. The zero-order chi connectivity index (χ0) is 15.4. The number of hydrogen-bond donors (Lipinski definition) is 2. The Balaban J connectivity index is 2.01. The van der Waals surface area contributed by atoms with Crippen LogP contribution in [0.25, 0.3) is 0 Å². The number of rotatable bonds is 6. The van der Waals surface area contributed by atoms with Gasteiger partial charge in [0.05, 0.1) is 19.3 Å². The summed E-state index contributed by atoms with van der Waals surface area (Å²) in [6.07, 6.45) is -0.608. The average Bonchev–Trinajstić information content (AvgIpc) is 2.91. The summed E-state index contributed by atoms with van der Waals surface area (Å²) < 4.78 is 5.32. The summed E-state index contributed by atoms with van der Waals surface area (Å²) in [6, 6.07) is 5.95. The number of benzene rings is 1. The fraction of sp³-hybridized carbons (Fsp3) is 0.438. The lowest BCUT2D eigenvalue weighted by Crippen LogP contribution is -2.25. The van der Waals surface area contributed by atoms with Gasteiger partial charge in [0, 0.05) is 23.2 Å². The number of aliphatic hydroxyl groups is 1. The van der Waals surface area contributed by atoms with Crippen LogP contribution in [0.15, 0.2) is 23.6 Å². The molecule has 0 aliphatic heterocycles. The molecule has 1 heterocycles. The van der Waals surface area contributed by atoms with E-state index < -0.39 is 6.10 Å². The van der Waals surface area contributed by atoms with Crippen LogP contribution in [-0.4, -0.2) is 23.7 Å². The van der Waals surface area contributed by atoms with E-state index in [1.807, 2.05) is 37.4 Å². The number of aliphatic hydroxyl groups excluding tert-OH is 1. The number of aryl methyl sites for hydroxylation is 2. The van der Waals surface area contributed by atoms with Gasteiger partial charge in [0.15, 0.2) is 0 Å². The van der Waals surface area contributed by atoms with Crippen molar-refractivity contribution in [2.24, 2.45) is 0 Å². The van der Waals surface area contributed by atoms with Gasteiger partial charge in [-0.15, -0.1) is 11.3 Å². The maximum atomic E-state index is 10.4. The largest absolute Gasteiger partial charge is 0.496 e. The molecule has 4 nitrogen and oxygen atoms in total. The molecule has 5 heteroatoms. The van der Waals surface area contributed by atoms with E-state index in [1.54, 1.807) is 18.4 Å². The van der Waals surface area contributed by atoms with Gasteiger partial charge in [-0.2, -0.15) is 0 Å². The molecule has 0 aliphatic rings. The van der Waals surface area contributed by atoms with Crippen LogP contribution in [-0.2, 0) is 0 Å². The molecule has 0 amide bonds. The number of nitrogens with zero attached hydrogens (tertiary/aromatic N) is 1. The van der Waals surface area contributed by atoms with Gasteiger partial charge in [-0.1, -0.05) is 11.6 Å². The van der Waals surface area contributed by atoms with Crippen LogP contribution in [0, 0.1) is 13.8 Å². The summed E-state index contributed by atoms with van der Waals surface area (Å²) in [6.45, 7) is 6.50. The highest BCUT2D eigenvalue weighted by Gasteiger charge is 2.16. The highest BCUT2D eigenvalue weighted by Crippen LogP contribution is 2.26. The number of aromatic nitrogens is 1. The average molecular weight is 306 g/mol. The van der Waals surface area contributed by atoms with Gasteiger partial charge in [0.25, 0.3) is 0 Å². The Hall–Kier alpha value is -1.43. The first kappa shape index (κ1) is 15.9. The van der Waals surface area contributed by atoms with Crippen molar-refractivity contribution in [1.29, 1.82) is 0 Å². The van der Waals surface area contributed by atoms with Gasteiger partial charge in [-0.3, -0.25) is 0 Å². The molecule has 21 heavy (non-hydrogen) atoms. The zero-order valence-electron chi connectivity index (χ0n) is 12.9. The lowest BCUT2D eigenvalue weighted by molar-refractivity contribution is 0.166. The van der Waals surface area contributed by atoms with Crippen LogP contribution in [0.5, 0.6) is 5.75 Å². The third-order valence-corrected chi connectivity index (χ3v) is 4.51. The quantitative estimate of drug-likeness (QED) is 0.861. The lowest BCUT2D eigenvalue weighted by Gasteiger charge is -2.18. The Labute approximate surface area is 129 Å². The lowest BCUT2D eigenvalue weighted by atomic mass is 10.0. The van der Waals surface area contributed by atoms with Crippen molar-refractivity contribution < 1.29 is 9.84 Å². The Kier molecular flexibility index (Phi) is 5.33. The molecule has 2 unspecified atom stereocenters. The molecule has 1 aromatic carbocycles. The highest BCUT2D eigenvalue weighted by molar-refractivity contribution is 7.09. The van der Waals surface area contributed by atoms with Gasteiger partial charge in [-0.25, -0.2) is 4.98 Å². The van der Waals surface area contributed by atoms with Gasteiger partial charge >= 0.3 is 0 Å². The van der Waals surface area contributed by atoms with Crippen molar-refractivity contribution in [3.63, 3.8) is 0 Å². The summed E-state index contributed by atoms with van der Waals surface area (Å²) >= 11 is 1.64. The van der Waals surface area contributed by atoms with Gasteiger partial charge < -0.3 is 15.2 Å². The summed E-state index contributed by atoms with van der Waals surface area (Å²) in [5.41, 5.74) is 2.95. The fourth-order valence-electron chi connectivity index (χ4n) is 2.17. The molecule has 114 valence electrons.